The van der Waals surface area contributed by atoms with Crippen molar-refractivity contribution in [2.24, 2.45) is 0 Å². The molecule has 0 aliphatic heterocycles. The molecular formula is C13H12BrN3O. The summed E-state index contributed by atoms with van der Waals surface area (Å²) in [5.74, 6) is 0.609. The molecule has 0 saturated carbocycles. The fraction of sp³-hybridized carbons (Fsp3) is 0.0769. The molecule has 2 aromatic rings. The van der Waals surface area contributed by atoms with Gasteiger partial charge >= 0.3 is 0 Å². The average molecular weight is 306 g/mol. The molecule has 92 valence electrons. The van der Waals surface area contributed by atoms with Crippen molar-refractivity contribution < 1.29 is 4.79 Å². The maximum Gasteiger partial charge on any atom is 0.255 e. The van der Waals surface area contributed by atoms with Crippen LogP contribution in [0, 0.1) is 0 Å². The number of rotatable bonds is 3. The molecule has 0 radical (unpaired) electrons. The zero-order valence-electron chi connectivity index (χ0n) is 9.77. The lowest BCUT2D eigenvalue weighted by Crippen LogP contribution is -2.11. The molecule has 1 aromatic heterocycles. The van der Waals surface area contributed by atoms with Gasteiger partial charge in [0.1, 0.15) is 5.82 Å². The van der Waals surface area contributed by atoms with Crippen LogP contribution in [0.1, 0.15) is 10.4 Å². The van der Waals surface area contributed by atoms with E-state index >= 15 is 0 Å². The third kappa shape index (κ3) is 3.07. The number of benzene rings is 1. The molecule has 1 heterocycles. The number of halogens is 1. The van der Waals surface area contributed by atoms with Crippen LogP contribution in [0.2, 0.25) is 0 Å². The van der Waals surface area contributed by atoms with E-state index in [2.05, 4.69) is 31.5 Å². The second-order valence-electron chi connectivity index (χ2n) is 3.64. The lowest BCUT2D eigenvalue weighted by molar-refractivity contribution is 0.102. The molecule has 0 bridgehead atoms. The highest BCUT2D eigenvalue weighted by atomic mass is 79.9. The van der Waals surface area contributed by atoms with Crippen molar-refractivity contribution in [3.63, 3.8) is 0 Å². The Labute approximate surface area is 114 Å². The lowest BCUT2D eigenvalue weighted by atomic mass is 10.2. The first kappa shape index (κ1) is 12.6. The summed E-state index contributed by atoms with van der Waals surface area (Å²) < 4.78 is 0.944. The first-order chi connectivity index (χ1) is 8.69. The second-order valence-corrected chi connectivity index (χ2v) is 4.56. The number of hydrogen-bond acceptors (Lipinski definition) is 3. The van der Waals surface area contributed by atoms with Crippen LogP contribution < -0.4 is 10.6 Å². The molecule has 2 rings (SSSR count). The molecule has 0 fully saturated rings. The zero-order chi connectivity index (χ0) is 13.0. The van der Waals surface area contributed by atoms with Gasteiger partial charge in [-0.3, -0.25) is 4.79 Å². The van der Waals surface area contributed by atoms with E-state index in [4.69, 9.17) is 0 Å². The van der Waals surface area contributed by atoms with Gasteiger partial charge in [-0.05, 0) is 36.4 Å². The molecule has 0 aliphatic rings. The third-order valence-electron chi connectivity index (χ3n) is 2.38. The van der Waals surface area contributed by atoms with E-state index in [0.717, 1.165) is 10.3 Å². The van der Waals surface area contributed by atoms with Gasteiger partial charge in [-0.15, -0.1) is 0 Å². The number of amides is 1. The fourth-order valence-corrected chi connectivity index (χ4v) is 1.68. The summed E-state index contributed by atoms with van der Waals surface area (Å²) in [4.78, 5) is 16.0. The molecule has 1 amide bonds. The Kier molecular flexibility index (Phi) is 3.94. The molecule has 2 N–H and O–H groups in total. The van der Waals surface area contributed by atoms with Crippen molar-refractivity contribution in [3.8, 4) is 0 Å². The average Bonchev–Trinajstić information content (AvgIpc) is 2.40. The number of hydrogen-bond donors (Lipinski definition) is 2. The van der Waals surface area contributed by atoms with Crippen LogP contribution in [0.5, 0.6) is 0 Å². The van der Waals surface area contributed by atoms with Crippen LogP contribution >= 0.6 is 15.9 Å². The van der Waals surface area contributed by atoms with Gasteiger partial charge in [0.2, 0.25) is 0 Å². The number of nitrogens with one attached hydrogen (secondary N) is 2. The van der Waals surface area contributed by atoms with Gasteiger partial charge in [0.25, 0.3) is 5.91 Å². The Morgan fingerprint density at radius 3 is 2.44 bits per heavy atom. The highest BCUT2D eigenvalue weighted by Gasteiger charge is 2.05. The van der Waals surface area contributed by atoms with E-state index in [1.54, 1.807) is 37.5 Å². The third-order valence-corrected chi connectivity index (χ3v) is 2.91. The van der Waals surface area contributed by atoms with Crippen LogP contribution in [0.4, 0.5) is 11.5 Å². The summed E-state index contributed by atoms with van der Waals surface area (Å²) in [5.41, 5.74) is 1.28. The standard InChI is InChI=1S/C13H12BrN3O/c1-15-12-7-6-11(8-16-12)17-13(18)9-2-4-10(14)5-3-9/h2-8H,1H3,(H,15,16)(H,17,18). The van der Waals surface area contributed by atoms with Crippen molar-refractivity contribution in [1.82, 2.24) is 4.98 Å². The first-order valence-electron chi connectivity index (χ1n) is 5.40. The summed E-state index contributed by atoms with van der Waals surface area (Å²) in [5, 5.41) is 5.70. The minimum atomic E-state index is -0.151. The van der Waals surface area contributed by atoms with Crippen LogP contribution in [-0.4, -0.2) is 17.9 Å². The Morgan fingerprint density at radius 2 is 1.89 bits per heavy atom. The second kappa shape index (κ2) is 5.64. The van der Waals surface area contributed by atoms with E-state index in [-0.39, 0.29) is 5.91 Å². The summed E-state index contributed by atoms with van der Waals surface area (Å²) >= 11 is 3.33. The highest BCUT2D eigenvalue weighted by molar-refractivity contribution is 9.10. The smallest absolute Gasteiger partial charge is 0.255 e. The largest absolute Gasteiger partial charge is 0.373 e. The first-order valence-corrected chi connectivity index (χ1v) is 6.19. The Hall–Kier alpha value is -1.88. The maximum absolute atomic E-state index is 11.9. The van der Waals surface area contributed by atoms with Crippen molar-refractivity contribution >= 4 is 33.3 Å². The number of anilines is 2. The van der Waals surface area contributed by atoms with Gasteiger partial charge in [-0.25, -0.2) is 4.98 Å². The molecule has 0 atom stereocenters. The quantitative estimate of drug-likeness (QED) is 0.916. The Balaban J connectivity index is 2.08. The minimum absolute atomic E-state index is 0.151. The Bertz CT molecular complexity index is 537. The number of aromatic nitrogens is 1. The SMILES string of the molecule is CNc1ccc(NC(=O)c2ccc(Br)cc2)cn1. The van der Waals surface area contributed by atoms with Gasteiger partial charge in [-0.2, -0.15) is 0 Å². The fourth-order valence-electron chi connectivity index (χ4n) is 1.42. The summed E-state index contributed by atoms with van der Waals surface area (Å²) in [7, 11) is 1.79. The summed E-state index contributed by atoms with van der Waals surface area (Å²) in [6, 6.07) is 10.8. The van der Waals surface area contributed by atoms with E-state index in [0.29, 0.717) is 11.3 Å². The predicted octanol–water partition coefficient (Wildman–Crippen LogP) is 3.14. The molecule has 18 heavy (non-hydrogen) atoms. The van der Waals surface area contributed by atoms with Gasteiger partial charge in [0.15, 0.2) is 0 Å². The number of nitrogens with zero attached hydrogens (tertiary/aromatic N) is 1. The number of pyridine rings is 1. The molecule has 4 nitrogen and oxygen atoms in total. The topological polar surface area (TPSA) is 54.0 Å². The summed E-state index contributed by atoms with van der Waals surface area (Å²) in [6.45, 7) is 0. The molecular weight excluding hydrogens is 294 g/mol. The summed E-state index contributed by atoms with van der Waals surface area (Å²) in [6.07, 6.45) is 1.61. The predicted molar refractivity (Wildman–Crippen MR) is 75.9 cm³/mol. The minimum Gasteiger partial charge on any atom is -0.373 e. The van der Waals surface area contributed by atoms with Gasteiger partial charge in [-0.1, -0.05) is 15.9 Å². The molecule has 0 unspecified atom stereocenters. The highest BCUT2D eigenvalue weighted by Crippen LogP contribution is 2.13. The van der Waals surface area contributed by atoms with Crippen molar-refractivity contribution in [1.29, 1.82) is 0 Å². The van der Waals surface area contributed by atoms with Crippen molar-refractivity contribution in [2.75, 3.05) is 17.7 Å². The van der Waals surface area contributed by atoms with E-state index in [9.17, 15) is 4.79 Å². The van der Waals surface area contributed by atoms with Crippen molar-refractivity contribution in [2.45, 2.75) is 0 Å². The normalized spacial score (nSPS) is 9.89. The number of carbonyl (C=O) groups is 1. The van der Waals surface area contributed by atoms with E-state index in [1.807, 2.05) is 12.1 Å². The van der Waals surface area contributed by atoms with Crippen LogP contribution in [0.25, 0.3) is 0 Å². The van der Waals surface area contributed by atoms with Crippen molar-refractivity contribution in [3.05, 3.63) is 52.6 Å². The monoisotopic (exact) mass is 305 g/mol. The van der Waals surface area contributed by atoms with Crippen LogP contribution in [0.15, 0.2) is 47.1 Å². The van der Waals surface area contributed by atoms with Gasteiger partial charge in [0, 0.05) is 17.1 Å². The molecule has 0 saturated heterocycles. The van der Waals surface area contributed by atoms with Gasteiger partial charge in [0.05, 0.1) is 11.9 Å². The van der Waals surface area contributed by atoms with Gasteiger partial charge < -0.3 is 10.6 Å². The molecule has 0 aliphatic carbocycles. The van der Waals surface area contributed by atoms with Crippen LogP contribution in [0.3, 0.4) is 0 Å². The lowest BCUT2D eigenvalue weighted by Gasteiger charge is -2.06. The van der Waals surface area contributed by atoms with E-state index in [1.165, 1.54) is 0 Å². The maximum atomic E-state index is 11.9. The number of carbonyl (C=O) groups excluding carboxylic acids is 1. The molecule has 1 aromatic carbocycles. The molecule has 5 heteroatoms. The van der Waals surface area contributed by atoms with E-state index < -0.39 is 0 Å². The van der Waals surface area contributed by atoms with Crippen LogP contribution in [-0.2, 0) is 0 Å². The molecule has 0 spiro atoms. The Morgan fingerprint density at radius 1 is 1.17 bits per heavy atom. The zero-order valence-corrected chi connectivity index (χ0v) is 11.4.